The van der Waals surface area contributed by atoms with Crippen molar-refractivity contribution in [2.75, 3.05) is 53.2 Å². The summed E-state index contributed by atoms with van der Waals surface area (Å²) in [5.74, 6) is 4.99. The summed E-state index contributed by atoms with van der Waals surface area (Å²) < 4.78 is 27.7. The number of methoxy groups -OCH3 is 1. The van der Waals surface area contributed by atoms with Gasteiger partial charge in [-0.3, -0.25) is 33.6 Å². The van der Waals surface area contributed by atoms with Gasteiger partial charge in [0.2, 0.25) is 33.7 Å². The number of amides is 4. The number of thiazole rings is 2. The van der Waals surface area contributed by atoms with Crippen LogP contribution in [0.25, 0.3) is 0 Å². The second kappa shape index (κ2) is 56.7. The van der Waals surface area contributed by atoms with Crippen LogP contribution < -0.4 is 31.3 Å². The summed E-state index contributed by atoms with van der Waals surface area (Å²) in [6.45, 7) is 44.7. The summed E-state index contributed by atoms with van der Waals surface area (Å²) in [4.78, 5) is 94.9. The number of carbonyl (C=O) groups excluding carboxylic acids is 7. The van der Waals surface area contributed by atoms with Gasteiger partial charge in [-0.2, -0.15) is 0 Å². The second-order valence-electron chi connectivity index (χ2n) is 26.1. The molecule has 24 heteroatoms. The van der Waals surface area contributed by atoms with E-state index in [0.717, 1.165) is 92.6 Å². The molecule has 7 N–H and O–H groups in total. The van der Waals surface area contributed by atoms with Crippen LogP contribution in [0.1, 0.15) is 212 Å². The van der Waals surface area contributed by atoms with Gasteiger partial charge >= 0.3 is 0 Å². The van der Waals surface area contributed by atoms with Crippen LogP contribution in [0.5, 0.6) is 0 Å². The van der Waals surface area contributed by atoms with Crippen molar-refractivity contribution >= 4 is 73.7 Å². The summed E-state index contributed by atoms with van der Waals surface area (Å²) in [6, 6.07) is 0.943. The van der Waals surface area contributed by atoms with E-state index in [0.29, 0.717) is 86.3 Å². The third-order valence-corrected chi connectivity index (χ3v) is 14.1. The third kappa shape index (κ3) is 67.8. The molecular formula is C67H127N11O10S3. The van der Waals surface area contributed by atoms with Gasteiger partial charge in [0.05, 0.1) is 30.6 Å². The van der Waals surface area contributed by atoms with Crippen molar-refractivity contribution in [2.45, 2.75) is 246 Å². The molecule has 0 radical (unpaired) electrons. The Morgan fingerprint density at radius 2 is 1.02 bits per heavy atom. The number of ether oxygens (including phenoxy) is 1. The minimum absolute atomic E-state index is 0.00463. The summed E-state index contributed by atoms with van der Waals surface area (Å²) in [5, 5.41) is 20.0. The molecule has 5 heterocycles. The summed E-state index contributed by atoms with van der Waals surface area (Å²) in [7, 11) is 0.674. The molecule has 0 spiro atoms. The van der Waals surface area contributed by atoms with Gasteiger partial charge in [0.15, 0.2) is 0 Å². The molecule has 2 aliphatic rings. The van der Waals surface area contributed by atoms with E-state index >= 15 is 0 Å². The quantitative estimate of drug-likeness (QED) is 0.0356. The van der Waals surface area contributed by atoms with Crippen LogP contribution in [-0.2, 0) is 67.6 Å². The molecule has 2 aliphatic heterocycles. The van der Waals surface area contributed by atoms with Crippen molar-refractivity contribution in [3.8, 4) is 0 Å². The SMILES string of the molecule is CC(C)C.CC(C)CCC(=O)C1CN(C)C1.CC(C)CCC(=O)C1CNC1.CC(C)CCC(=O)Cc1cnc[nH]1.CC(C)NC(=O)CCc1nccs1.CC(C)NC(=O)Cc1nccs1.CC(C)NS(C)(=O)=O.CCC(=O)NC(C)C.COCCC(=O)NC(C)C. The Kier molecular flexibility index (Phi) is 57.6. The van der Waals surface area contributed by atoms with E-state index in [1.54, 1.807) is 57.2 Å². The molecule has 0 bridgehead atoms. The highest BCUT2D eigenvalue weighted by atomic mass is 32.2. The number of rotatable bonds is 28. The van der Waals surface area contributed by atoms with Crippen LogP contribution in [-0.4, -0.2) is 158 Å². The topological polar surface area (TPSA) is 293 Å². The second-order valence-corrected chi connectivity index (χ2v) is 29.8. The molecule has 21 nitrogen and oxygen atoms in total. The lowest BCUT2D eigenvalue weighted by molar-refractivity contribution is -0.128. The Hall–Kier alpha value is -4.85. The number of likely N-dealkylation sites (tertiary alicyclic amines) is 1. The minimum atomic E-state index is -2.97. The molecule has 528 valence electrons. The third-order valence-electron chi connectivity index (χ3n) is 11.6. The number of hydrogen-bond acceptors (Lipinski definition) is 17. The monoisotopic (exact) mass is 1340 g/mol. The average molecular weight is 1340 g/mol. The Balaban J connectivity index is -0.000000474. The molecule has 0 atom stereocenters. The predicted octanol–water partition coefficient (Wildman–Crippen LogP) is 10.6. The van der Waals surface area contributed by atoms with Gasteiger partial charge in [0.1, 0.15) is 22.4 Å². The van der Waals surface area contributed by atoms with Gasteiger partial charge in [-0.05, 0) is 119 Å². The lowest BCUT2D eigenvalue weighted by atomic mass is 9.91. The van der Waals surface area contributed by atoms with Gasteiger partial charge in [-0.25, -0.2) is 28.1 Å². The number of carbonyl (C=O) groups is 7. The number of sulfonamides is 1. The Bertz CT molecular complexity index is 2390. The Labute approximate surface area is 559 Å². The van der Waals surface area contributed by atoms with Crippen molar-refractivity contribution in [1.82, 2.24) is 56.1 Å². The van der Waals surface area contributed by atoms with E-state index in [2.05, 4.69) is 126 Å². The van der Waals surface area contributed by atoms with Gasteiger partial charge in [0.25, 0.3) is 0 Å². The van der Waals surface area contributed by atoms with Gasteiger partial charge in [-0.1, -0.05) is 69.2 Å². The van der Waals surface area contributed by atoms with E-state index in [1.165, 1.54) is 11.3 Å². The van der Waals surface area contributed by atoms with Crippen LogP contribution in [0, 0.1) is 35.5 Å². The first-order chi connectivity index (χ1) is 42.3. The lowest BCUT2D eigenvalue weighted by Gasteiger charge is -2.35. The summed E-state index contributed by atoms with van der Waals surface area (Å²) in [5.41, 5.74) is 0.911. The van der Waals surface area contributed by atoms with Gasteiger partial charge in [-0.15, -0.1) is 22.7 Å². The van der Waals surface area contributed by atoms with E-state index in [4.69, 9.17) is 4.74 Å². The molecule has 4 amide bonds. The molecule has 3 aromatic heterocycles. The van der Waals surface area contributed by atoms with E-state index in [-0.39, 0.29) is 59.6 Å². The maximum absolute atomic E-state index is 11.4. The number of Topliss-reactive ketones (excluding diaryl/α,β-unsaturated/α-hetero) is 3. The maximum Gasteiger partial charge on any atom is 0.227 e. The molecule has 5 rings (SSSR count). The molecule has 0 aromatic carbocycles. The van der Waals surface area contributed by atoms with Crippen LogP contribution in [0.3, 0.4) is 0 Å². The predicted molar refractivity (Wildman–Crippen MR) is 377 cm³/mol. The summed E-state index contributed by atoms with van der Waals surface area (Å²) >= 11 is 3.10. The van der Waals surface area contributed by atoms with E-state index in [1.807, 2.05) is 73.1 Å². The number of hydrogen-bond donors (Lipinski definition) is 7. The molecule has 0 aliphatic carbocycles. The van der Waals surface area contributed by atoms with Crippen LogP contribution in [0.4, 0.5) is 0 Å². The molecule has 2 fully saturated rings. The molecule has 2 saturated heterocycles. The number of ketones is 3. The number of aryl methyl sites for hydroxylation is 1. The maximum atomic E-state index is 11.4. The highest BCUT2D eigenvalue weighted by Crippen LogP contribution is 2.18. The number of aromatic nitrogens is 4. The number of imidazole rings is 1. The molecule has 0 saturated carbocycles. The first-order valence-electron chi connectivity index (χ1n) is 32.7. The highest BCUT2D eigenvalue weighted by Gasteiger charge is 2.29. The Morgan fingerprint density at radius 1 is 0.593 bits per heavy atom. The highest BCUT2D eigenvalue weighted by molar-refractivity contribution is 7.88. The van der Waals surface area contributed by atoms with E-state index in [9.17, 15) is 42.0 Å². The normalized spacial score (nSPS) is 12.6. The smallest absolute Gasteiger partial charge is 0.227 e. The van der Waals surface area contributed by atoms with Crippen molar-refractivity contribution in [3.63, 3.8) is 0 Å². The van der Waals surface area contributed by atoms with Gasteiger partial charge < -0.3 is 41.2 Å². The fraction of sp³-hybridized carbons (Fsp3) is 0.761. The van der Waals surface area contributed by atoms with Crippen molar-refractivity contribution in [2.24, 2.45) is 35.5 Å². The fourth-order valence-electron chi connectivity index (χ4n) is 7.10. The number of aromatic amines is 1. The van der Waals surface area contributed by atoms with Gasteiger partial charge in [0, 0.05) is 162 Å². The minimum Gasteiger partial charge on any atom is -0.384 e. The van der Waals surface area contributed by atoms with Crippen LogP contribution >= 0.6 is 22.7 Å². The zero-order valence-electron chi connectivity index (χ0n) is 60.4. The lowest BCUT2D eigenvalue weighted by Crippen LogP contribution is -2.47. The molecule has 91 heavy (non-hydrogen) atoms. The molecular weight excluding hydrogens is 1220 g/mol. The van der Waals surface area contributed by atoms with Crippen molar-refractivity contribution in [1.29, 1.82) is 0 Å². The van der Waals surface area contributed by atoms with Crippen molar-refractivity contribution < 1.29 is 46.7 Å². The largest absolute Gasteiger partial charge is 0.384 e. The molecule has 3 aromatic rings. The van der Waals surface area contributed by atoms with Crippen molar-refractivity contribution in [3.05, 3.63) is 51.4 Å². The Morgan fingerprint density at radius 3 is 1.35 bits per heavy atom. The van der Waals surface area contributed by atoms with Crippen LogP contribution in [0.15, 0.2) is 35.7 Å². The zero-order chi connectivity index (χ0) is 70.7. The standard InChI is InChI=1S/C10H16N2O.C10H19NO.C9H14N2OS.C9H17NO.C8H12N2OS.C7H15NO2.C6H13NO.C4H11NO2S.C4H10/c1-8(2)3-4-10(13)5-9-6-11-7-12-9;1-8(2)4-5-10(12)9-6-11(3)7-9;1-7(2)11-8(12)3-4-9-10-5-6-13-9;1-7(2)3-4-9(11)8-5-10-6-8;1-6(2)10-7(11)5-8-9-3-4-12-8;1-6(2)8-7(9)4-5-10-3;1-4-6(8)7-5(2)3;1-4(2)5-8(3,6)7;1-4(2)3/h6-8H,3-5H2,1-2H3,(H,11,12);8-9H,4-7H2,1-3H3;5-7H,3-4H2,1-2H3,(H,11,12);7-8,10H,3-6H2,1-2H3;3-4,6H,5H2,1-2H3,(H,10,11);6H,4-5H2,1-3H3,(H,8,9);5H,4H2,1-3H3,(H,7,8);4-5H,1-3H3;4H,1-3H3. The first-order valence-corrected chi connectivity index (χ1v) is 36.3. The average Bonchev–Trinajstić information content (AvgIpc) is 2.31. The summed E-state index contributed by atoms with van der Waals surface area (Å²) in [6.07, 6.45) is 16.5. The fourth-order valence-corrected chi connectivity index (χ4v) is 9.20. The molecule has 0 unspecified atom stereocenters. The first kappa shape index (κ1) is 92.6. The van der Waals surface area contributed by atoms with Crippen LogP contribution in [0.2, 0.25) is 0 Å². The number of nitrogens with zero attached hydrogens (tertiary/aromatic N) is 4. The van der Waals surface area contributed by atoms with E-state index < -0.39 is 10.0 Å². The number of H-pyrrole nitrogens is 1. The number of nitrogens with one attached hydrogen (secondary N) is 7. The zero-order valence-corrected chi connectivity index (χ0v) is 62.9.